The van der Waals surface area contributed by atoms with E-state index < -0.39 is 11.9 Å². The Morgan fingerprint density at radius 1 is 1.57 bits per heavy atom. The highest BCUT2D eigenvalue weighted by Crippen LogP contribution is 2.05. The molecule has 6 heteroatoms. The molecule has 1 unspecified atom stereocenters. The molecule has 0 fully saturated rings. The number of rotatable bonds is 5. The van der Waals surface area contributed by atoms with Gasteiger partial charge in [0.2, 0.25) is 0 Å². The molecule has 0 aliphatic rings. The molecule has 0 rings (SSSR count). The largest absolute Gasteiger partial charge is 0.352 e. The molecule has 0 spiro atoms. The van der Waals surface area contributed by atoms with Crippen LogP contribution in [0.3, 0.4) is 0 Å². The lowest BCUT2D eigenvalue weighted by atomic mass is 10.0. The Morgan fingerprint density at radius 2 is 2.14 bits per heavy atom. The summed E-state index contributed by atoms with van der Waals surface area (Å²) >= 11 is 0. The molecule has 0 aromatic heterocycles. The Hall–Kier alpha value is -1.28. The van der Waals surface area contributed by atoms with E-state index in [1.165, 1.54) is 6.92 Å². The number of carbonyl (C=O) groups excluding carboxylic acids is 2. The van der Waals surface area contributed by atoms with Crippen molar-refractivity contribution in [3.05, 3.63) is 0 Å². The summed E-state index contributed by atoms with van der Waals surface area (Å²) in [5.41, 5.74) is 4.82. The molecule has 0 bridgehead atoms. The summed E-state index contributed by atoms with van der Waals surface area (Å²) in [5, 5.41) is 10.9. The van der Waals surface area contributed by atoms with Crippen molar-refractivity contribution in [1.29, 1.82) is 5.26 Å². The Morgan fingerprint density at radius 3 is 2.50 bits per heavy atom. The SMILES string of the molecule is CC(=O)C(C#N)CCCNC(N)=O.Cl. The Kier molecular flexibility index (Phi) is 9.04. The number of ketones is 1. The molecule has 0 aromatic rings. The van der Waals surface area contributed by atoms with Gasteiger partial charge in [0.05, 0.1) is 6.07 Å². The number of nitrogens with zero attached hydrogens (tertiary/aromatic N) is 1. The van der Waals surface area contributed by atoms with Crippen LogP contribution in [0, 0.1) is 17.2 Å². The molecule has 80 valence electrons. The van der Waals surface area contributed by atoms with Crippen LogP contribution in [0.25, 0.3) is 0 Å². The molecule has 3 N–H and O–H groups in total. The van der Waals surface area contributed by atoms with Crippen molar-refractivity contribution in [3.63, 3.8) is 0 Å². The van der Waals surface area contributed by atoms with Crippen LogP contribution in [0.4, 0.5) is 4.79 Å². The van der Waals surface area contributed by atoms with Crippen molar-refractivity contribution >= 4 is 24.2 Å². The Bertz CT molecular complexity index is 237. The summed E-state index contributed by atoms with van der Waals surface area (Å²) in [4.78, 5) is 21.0. The summed E-state index contributed by atoms with van der Waals surface area (Å²) in [5.74, 6) is -0.698. The predicted octanol–water partition coefficient (Wildman–Crippen LogP) is 0.585. The molecule has 5 nitrogen and oxygen atoms in total. The smallest absolute Gasteiger partial charge is 0.312 e. The number of nitriles is 1. The second kappa shape index (κ2) is 8.32. The van der Waals surface area contributed by atoms with E-state index in [0.717, 1.165) is 0 Å². The van der Waals surface area contributed by atoms with Gasteiger partial charge in [-0.05, 0) is 19.8 Å². The fraction of sp³-hybridized carbons (Fsp3) is 0.625. The molecule has 1 atom stereocenters. The van der Waals surface area contributed by atoms with E-state index in [1.807, 2.05) is 6.07 Å². The number of nitrogens with one attached hydrogen (secondary N) is 1. The van der Waals surface area contributed by atoms with Crippen LogP contribution in [-0.2, 0) is 4.79 Å². The standard InChI is InChI=1S/C8H13N3O2.ClH/c1-6(12)7(5-9)3-2-4-11-8(10)13;/h7H,2-4H2,1H3,(H3,10,11,13);1H. The second-order valence-corrected chi connectivity index (χ2v) is 2.73. The van der Waals surface area contributed by atoms with E-state index in [9.17, 15) is 9.59 Å². The second-order valence-electron chi connectivity index (χ2n) is 2.73. The molecule has 14 heavy (non-hydrogen) atoms. The van der Waals surface area contributed by atoms with E-state index in [2.05, 4.69) is 5.32 Å². The van der Waals surface area contributed by atoms with Crippen molar-refractivity contribution in [2.24, 2.45) is 11.7 Å². The third-order valence-electron chi connectivity index (χ3n) is 1.62. The lowest BCUT2D eigenvalue weighted by Gasteiger charge is -2.04. The molecule has 0 aromatic carbocycles. The monoisotopic (exact) mass is 219 g/mol. The molecule has 0 saturated heterocycles. The average Bonchev–Trinajstić information content (AvgIpc) is 2.03. The van der Waals surface area contributed by atoms with Gasteiger partial charge in [0.1, 0.15) is 11.7 Å². The van der Waals surface area contributed by atoms with Gasteiger partial charge in [-0.2, -0.15) is 5.26 Å². The van der Waals surface area contributed by atoms with Gasteiger partial charge in [0.15, 0.2) is 0 Å². The van der Waals surface area contributed by atoms with Gasteiger partial charge >= 0.3 is 6.03 Å². The zero-order valence-corrected chi connectivity index (χ0v) is 8.76. The van der Waals surface area contributed by atoms with E-state index in [4.69, 9.17) is 11.0 Å². The van der Waals surface area contributed by atoms with Gasteiger partial charge in [0, 0.05) is 6.54 Å². The van der Waals surface area contributed by atoms with Crippen molar-refractivity contribution < 1.29 is 9.59 Å². The molecule has 0 saturated carbocycles. The van der Waals surface area contributed by atoms with Crippen LogP contribution in [-0.4, -0.2) is 18.4 Å². The maximum atomic E-state index is 10.8. The highest BCUT2D eigenvalue weighted by molar-refractivity contribution is 5.85. The van der Waals surface area contributed by atoms with Gasteiger partial charge in [-0.25, -0.2) is 4.79 Å². The summed E-state index contributed by atoms with van der Waals surface area (Å²) in [6, 6.07) is 1.31. The maximum absolute atomic E-state index is 10.8. The van der Waals surface area contributed by atoms with Crippen LogP contribution < -0.4 is 11.1 Å². The molecular formula is C8H14ClN3O2. The van der Waals surface area contributed by atoms with Crippen molar-refractivity contribution in [2.75, 3.05) is 6.54 Å². The third-order valence-corrected chi connectivity index (χ3v) is 1.62. The first-order chi connectivity index (χ1) is 6.07. The first-order valence-corrected chi connectivity index (χ1v) is 4.01. The quantitative estimate of drug-likeness (QED) is 0.663. The third kappa shape index (κ3) is 7.37. The molecule has 0 radical (unpaired) electrons. The van der Waals surface area contributed by atoms with E-state index >= 15 is 0 Å². The fourth-order valence-electron chi connectivity index (χ4n) is 0.876. The number of urea groups is 1. The summed E-state index contributed by atoms with van der Waals surface area (Å²) in [7, 11) is 0. The minimum absolute atomic E-state index is 0. The molecular weight excluding hydrogens is 206 g/mol. The molecule has 0 heterocycles. The van der Waals surface area contributed by atoms with Gasteiger partial charge in [-0.15, -0.1) is 12.4 Å². The van der Waals surface area contributed by atoms with Crippen molar-refractivity contribution in [3.8, 4) is 6.07 Å². The minimum atomic E-state index is -0.587. The van der Waals surface area contributed by atoms with E-state index in [1.54, 1.807) is 0 Å². The number of amides is 2. The van der Waals surface area contributed by atoms with Crippen LogP contribution in [0.1, 0.15) is 19.8 Å². The number of halogens is 1. The zero-order valence-electron chi connectivity index (χ0n) is 7.95. The normalized spacial score (nSPS) is 10.6. The average molecular weight is 220 g/mol. The number of nitrogens with two attached hydrogens (primary N) is 1. The Balaban J connectivity index is 0. The van der Waals surface area contributed by atoms with Crippen LogP contribution in [0.5, 0.6) is 0 Å². The first-order valence-electron chi connectivity index (χ1n) is 4.01. The van der Waals surface area contributed by atoms with Crippen LogP contribution in [0.15, 0.2) is 0 Å². The van der Waals surface area contributed by atoms with Gasteiger partial charge in [-0.3, -0.25) is 4.79 Å². The summed E-state index contributed by atoms with van der Waals surface area (Å²) in [6.07, 6.45) is 1.05. The fourth-order valence-corrected chi connectivity index (χ4v) is 0.876. The van der Waals surface area contributed by atoms with Gasteiger partial charge in [-0.1, -0.05) is 0 Å². The molecule has 2 amide bonds. The maximum Gasteiger partial charge on any atom is 0.312 e. The Labute approximate surface area is 89.1 Å². The van der Waals surface area contributed by atoms with Crippen molar-refractivity contribution in [2.45, 2.75) is 19.8 Å². The molecule has 0 aliphatic carbocycles. The topological polar surface area (TPSA) is 96.0 Å². The number of primary amides is 1. The van der Waals surface area contributed by atoms with E-state index in [-0.39, 0.29) is 18.2 Å². The van der Waals surface area contributed by atoms with E-state index in [0.29, 0.717) is 19.4 Å². The lowest BCUT2D eigenvalue weighted by molar-refractivity contribution is -0.119. The summed E-state index contributed by atoms with van der Waals surface area (Å²) in [6.45, 7) is 1.79. The first kappa shape index (κ1) is 15.2. The number of carbonyl (C=O) groups is 2. The van der Waals surface area contributed by atoms with Crippen LogP contribution in [0.2, 0.25) is 0 Å². The lowest BCUT2D eigenvalue weighted by Crippen LogP contribution is -2.30. The van der Waals surface area contributed by atoms with Gasteiger partial charge < -0.3 is 11.1 Å². The zero-order chi connectivity index (χ0) is 10.3. The number of hydrogen-bond acceptors (Lipinski definition) is 3. The van der Waals surface area contributed by atoms with Gasteiger partial charge in [0.25, 0.3) is 0 Å². The number of Topliss-reactive ketones (excluding diaryl/α,β-unsaturated/α-hetero) is 1. The predicted molar refractivity (Wildman–Crippen MR) is 53.9 cm³/mol. The highest BCUT2D eigenvalue weighted by atomic mass is 35.5. The highest BCUT2D eigenvalue weighted by Gasteiger charge is 2.11. The minimum Gasteiger partial charge on any atom is -0.352 e. The summed E-state index contributed by atoms with van der Waals surface area (Å²) < 4.78 is 0. The van der Waals surface area contributed by atoms with Crippen LogP contribution >= 0.6 is 12.4 Å². The molecule has 0 aliphatic heterocycles. The number of hydrogen-bond donors (Lipinski definition) is 2. The van der Waals surface area contributed by atoms with Crippen molar-refractivity contribution in [1.82, 2.24) is 5.32 Å².